The van der Waals surface area contributed by atoms with E-state index in [1.165, 1.54) is 0 Å². The number of aromatic hydroxyl groups is 1. The van der Waals surface area contributed by atoms with Crippen molar-refractivity contribution < 1.29 is 9.90 Å². The third kappa shape index (κ3) is 4.86. The van der Waals surface area contributed by atoms with Gasteiger partial charge in [0.1, 0.15) is 5.75 Å². The van der Waals surface area contributed by atoms with E-state index in [0.717, 1.165) is 41.5 Å². The highest BCUT2D eigenvalue weighted by atomic mass is 79.9. The number of hydrogen-bond donors (Lipinski definition) is 1. The number of halogens is 1. The summed E-state index contributed by atoms with van der Waals surface area (Å²) in [7, 11) is 1.88. The van der Waals surface area contributed by atoms with Crippen molar-refractivity contribution in [3.63, 3.8) is 0 Å². The molecule has 1 aliphatic rings. The fourth-order valence-electron chi connectivity index (χ4n) is 3.57. The van der Waals surface area contributed by atoms with Gasteiger partial charge in [0.05, 0.1) is 5.92 Å². The van der Waals surface area contributed by atoms with Gasteiger partial charge in [-0.3, -0.25) is 9.69 Å². The molecule has 1 atom stereocenters. The highest BCUT2D eigenvalue weighted by Crippen LogP contribution is 2.26. The van der Waals surface area contributed by atoms with Crippen LogP contribution in [0.5, 0.6) is 5.75 Å². The summed E-state index contributed by atoms with van der Waals surface area (Å²) in [6, 6.07) is 15.6. The van der Waals surface area contributed by atoms with Gasteiger partial charge in [0.25, 0.3) is 0 Å². The first-order chi connectivity index (χ1) is 12.5. The van der Waals surface area contributed by atoms with Crippen molar-refractivity contribution in [1.29, 1.82) is 0 Å². The maximum absolute atomic E-state index is 12.9. The third-order valence-corrected chi connectivity index (χ3v) is 5.42. The summed E-state index contributed by atoms with van der Waals surface area (Å²) in [5.41, 5.74) is 2.04. The Morgan fingerprint density at radius 3 is 2.81 bits per heavy atom. The van der Waals surface area contributed by atoms with E-state index >= 15 is 0 Å². The molecule has 138 valence electrons. The summed E-state index contributed by atoms with van der Waals surface area (Å²) in [5.74, 6) is 0.534. The zero-order valence-electron chi connectivity index (χ0n) is 15.1. The van der Waals surface area contributed by atoms with Gasteiger partial charge in [0.2, 0.25) is 5.91 Å². The lowest BCUT2D eigenvalue weighted by molar-refractivity contribution is -0.136. The van der Waals surface area contributed by atoms with Gasteiger partial charge in [-0.05, 0) is 43.1 Å². The van der Waals surface area contributed by atoms with Crippen LogP contribution in [-0.4, -0.2) is 41.0 Å². The molecule has 0 saturated carbocycles. The lowest BCUT2D eigenvalue weighted by Gasteiger charge is -2.34. The predicted octanol–water partition coefficient (Wildman–Crippen LogP) is 4.03. The van der Waals surface area contributed by atoms with Crippen LogP contribution in [0.3, 0.4) is 0 Å². The zero-order valence-corrected chi connectivity index (χ0v) is 16.7. The van der Waals surface area contributed by atoms with E-state index in [-0.39, 0.29) is 11.8 Å². The molecule has 4 nitrogen and oxygen atoms in total. The number of hydrogen-bond acceptors (Lipinski definition) is 3. The summed E-state index contributed by atoms with van der Waals surface area (Å²) in [6.45, 7) is 3.00. The molecule has 0 aliphatic carbocycles. The van der Waals surface area contributed by atoms with E-state index < -0.39 is 0 Å². The molecule has 0 spiro atoms. The Morgan fingerprint density at radius 2 is 2.04 bits per heavy atom. The van der Waals surface area contributed by atoms with E-state index in [1.807, 2.05) is 54.4 Å². The van der Waals surface area contributed by atoms with Crippen molar-refractivity contribution in [3.8, 4) is 5.75 Å². The smallest absolute Gasteiger partial charge is 0.227 e. The van der Waals surface area contributed by atoms with E-state index in [9.17, 15) is 9.90 Å². The lowest BCUT2D eigenvalue weighted by atomic mass is 9.96. The number of phenolic OH excluding ortho intramolecular Hbond substituents is 1. The minimum atomic E-state index is 0.0201. The van der Waals surface area contributed by atoms with Crippen LogP contribution in [0.25, 0.3) is 0 Å². The molecule has 1 amide bonds. The Labute approximate surface area is 163 Å². The van der Waals surface area contributed by atoms with E-state index in [4.69, 9.17) is 0 Å². The largest absolute Gasteiger partial charge is 0.508 e. The molecular formula is C21H25BrN2O2. The molecule has 1 heterocycles. The number of benzene rings is 2. The second kappa shape index (κ2) is 8.69. The maximum atomic E-state index is 12.9. The molecule has 2 aromatic carbocycles. The number of rotatable bonds is 5. The van der Waals surface area contributed by atoms with Gasteiger partial charge in [-0.2, -0.15) is 0 Å². The second-order valence-corrected chi connectivity index (χ2v) is 7.94. The van der Waals surface area contributed by atoms with Gasteiger partial charge in [-0.1, -0.05) is 46.3 Å². The van der Waals surface area contributed by atoms with E-state index in [1.54, 1.807) is 6.07 Å². The number of likely N-dealkylation sites (tertiary alicyclic amines) is 1. The molecule has 3 rings (SSSR count). The minimum absolute atomic E-state index is 0.0201. The van der Waals surface area contributed by atoms with Gasteiger partial charge in [0.15, 0.2) is 0 Å². The molecule has 1 aliphatic heterocycles. The summed E-state index contributed by atoms with van der Waals surface area (Å²) >= 11 is 3.46. The zero-order chi connectivity index (χ0) is 18.5. The highest BCUT2D eigenvalue weighted by molar-refractivity contribution is 9.10. The molecule has 1 fully saturated rings. The first kappa shape index (κ1) is 18.9. The van der Waals surface area contributed by atoms with Crippen molar-refractivity contribution in [2.45, 2.75) is 25.9 Å². The fourth-order valence-corrected chi connectivity index (χ4v) is 3.98. The summed E-state index contributed by atoms with van der Waals surface area (Å²) in [5, 5.41) is 10.1. The van der Waals surface area contributed by atoms with Crippen molar-refractivity contribution >= 4 is 21.8 Å². The van der Waals surface area contributed by atoms with Crippen molar-refractivity contribution in [1.82, 2.24) is 9.80 Å². The Hall–Kier alpha value is -1.85. The van der Waals surface area contributed by atoms with Gasteiger partial charge < -0.3 is 10.0 Å². The molecule has 2 aromatic rings. The van der Waals surface area contributed by atoms with Gasteiger partial charge in [0, 0.05) is 36.7 Å². The molecule has 0 radical (unpaired) electrons. The number of phenols is 1. The second-order valence-electron chi connectivity index (χ2n) is 7.03. The number of amides is 1. The molecule has 5 heteroatoms. The van der Waals surface area contributed by atoms with Crippen molar-refractivity contribution in [2.24, 2.45) is 5.92 Å². The molecule has 0 bridgehead atoms. The van der Waals surface area contributed by atoms with Crippen LogP contribution in [-0.2, 0) is 17.9 Å². The number of piperidine rings is 1. The molecule has 26 heavy (non-hydrogen) atoms. The van der Waals surface area contributed by atoms with Crippen LogP contribution >= 0.6 is 15.9 Å². The number of nitrogens with zero attached hydrogens (tertiary/aromatic N) is 2. The SMILES string of the molecule is CN(Cc1ccccc1)C(=O)[C@H]1CCCN(Cc2cc(Br)ccc2O)C1. The maximum Gasteiger partial charge on any atom is 0.227 e. The normalized spacial score (nSPS) is 17.8. The van der Waals surface area contributed by atoms with Crippen LogP contribution in [0.2, 0.25) is 0 Å². The van der Waals surface area contributed by atoms with Crippen LogP contribution < -0.4 is 0 Å². The lowest BCUT2D eigenvalue weighted by Crippen LogP contribution is -2.43. The Balaban J connectivity index is 1.60. The molecule has 0 aromatic heterocycles. The number of carbonyl (C=O) groups excluding carboxylic acids is 1. The topological polar surface area (TPSA) is 43.8 Å². The summed E-state index contributed by atoms with van der Waals surface area (Å²) in [6.07, 6.45) is 1.93. The molecule has 1 saturated heterocycles. The third-order valence-electron chi connectivity index (χ3n) is 4.93. The first-order valence-corrected chi connectivity index (χ1v) is 9.81. The van der Waals surface area contributed by atoms with Crippen molar-refractivity contribution in [2.75, 3.05) is 20.1 Å². The highest BCUT2D eigenvalue weighted by Gasteiger charge is 2.28. The van der Waals surface area contributed by atoms with Crippen LogP contribution in [0.4, 0.5) is 0 Å². The average molecular weight is 417 g/mol. The van der Waals surface area contributed by atoms with Crippen LogP contribution in [0.15, 0.2) is 53.0 Å². The predicted molar refractivity (Wildman–Crippen MR) is 107 cm³/mol. The molecule has 1 N–H and O–H groups in total. The Kier molecular flexibility index (Phi) is 6.33. The standard InChI is InChI=1S/C21H25BrN2O2/c1-23(13-16-6-3-2-4-7-16)21(26)17-8-5-11-24(14-17)15-18-12-19(22)9-10-20(18)25/h2-4,6-7,9-10,12,17,25H,5,8,11,13-15H2,1H3/t17-/m0/s1. The van der Waals surface area contributed by atoms with E-state index in [0.29, 0.717) is 18.8 Å². The van der Waals surface area contributed by atoms with Crippen molar-refractivity contribution in [3.05, 3.63) is 64.1 Å². The molecule has 0 unspecified atom stereocenters. The Bertz CT molecular complexity index is 751. The monoisotopic (exact) mass is 416 g/mol. The fraction of sp³-hybridized carbons (Fsp3) is 0.381. The van der Waals surface area contributed by atoms with E-state index in [2.05, 4.69) is 20.8 Å². The number of carbonyl (C=O) groups is 1. The van der Waals surface area contributed by atoms with Crippen LogP contribution in [0, 0.1) is 5.92 Å². The van der Waals surface area contributed by atoms with Gasteiger partial charge in [-0.15, -0.1) is 0 Å². The average Bonchev–Trinajstić information content (AvgIpc) is 2.65. The summed E-state index contributed by atoms with van der Waals surface area (Å²) in [4.78, 5) is 17.0. The minimum Gasteiger partial charge on any atom is -0.508 e. The quantitative estimate of drug-likeness (QED) is 0.799. The van der Waals surface area contributed by atoms with Gasteiger partial charge >= 0.3 is 0 Å². The van der Waals surface area contributed by atoms with Crippen LogP contribution in [0.1, 0.15) is 24.0 Å². The van der Waals surface area contributed by atoms with Gasteiger partial charge in [-0.25, -0.2) is 0 Å². The molecular weight excluding hydrogens is 392 g/mol. The summed E-state index contributed by atoms with van der Waals surface area (Å²) < 4.78 is 0.956. The first-order valence-electron chi connectivity index (χ1n) is 9.01. The Morgan fingerprint density at radius 1 is 1.27 bits per heavy atom.